The number of pyridine rings is 1. The molecule has 2 aromatic rings. The lowest BCUT2D eigenvalue weighted by atomic mass is 10.2. The molecule has 2 aromatic heterocycles. The maximum absolute atomic E-state index is 12.5. The Labute approximate surface area is 151 Å². The van der Waals surface area contributed by atoms with Gasteiger partial charge in [-0.05, 0) is 30.9 Å². The zero-order chi connectivity index (χ0) is 17.7. The number of nitrogen functional groups attached to an aromatic ring is 1. The summed E-state index contributed by atoms with van der Waals surface area (Å²) in [5, 5.41) is 6.44. The van der Waals surface area contributed by atoms with Crippen molar-refractivity contribution < 1.29 is 4.79 Å². The number of hydrogen-bond acceptors (Lipinski definition) is 7. The van der Waals surface area contributed by atoms with E-state index in [1.807, 2.05) is 18.2 Å². The van der Waals surface area contributed by atoms with E-state index in [9.17, 15) is 4.79 Å². The third-order valence-corrected chi connectivity index (χ3v) is 5.51. The number of nitrogens with one attached hydrogen (secondary N) is 2. The van der Waals surface area contributed by atoms with E-state index in [0.717, 1.165) is 43.1 Å². The van der Waals surface area contributed by atoms with Crippen LogP contribution in [0.25, 0.3) is 0 Å². The Morgan fingerprint density at radius 2 is 2.31 bits per heavy atom. The van der Waals surface area contributed by atoms with Crippen LogP contribution >= 0.6 is 0 Å². The van der Waals surface area contributed by atoms with Crippen LogP contribution in [-0.2, 0) is 0 Å². The summed E-state index contributed by atoms with van der Waals surface area (Å²) in [6, 6.07) is 6.06. The van der Waals surface area contributed by atoms with Gasteiger partial charge in [0, 0.05) is 43.4 Å². The third-order valence-electron chi connectivity index (χ3n) is 5.51. The number of carbonyl (C=O) groups is 1. The highest BCUT2D eigenvalue weighted by Gasteiger charge is 2.39. The van der Waals surface area contributed by atoms with Crippen molar-refractivity contribution in [1.82, 2.24) is 20.3 Å². The first-order valence-electron chi connectivity index (χ1n) is 9.05. The number of nitrogens with zero attached hydrogens (tertiary/aromatic N) is 4. The van der Waals surface area contributed by atoms with Crippen LogP contribution < -0.4 is 21.3 Å². The average Bonchev–Trinajstić information content (AvgIpc) is 3.34. The van der Waals surface area contributed by atoms with Gasteiger partial charge in [-0.3, -0.25) is 4.79 Å². The van der Waals surface area contributed by atoms with Crippen molar-refractivity contribution >= 4 is 23.2 Å². The molecule has 2 bridgehead atoms. The van der Waals surface area contributed by atoms with Crippen LogP contribution in [0.15, 0.2) is 24.5 Å². The van der Waals surface area contributed by atoms with Gasteiger partial charge in [0.2, 0.25) is 0 Å². The minimum absolute atomic E-state index is 0.129. The van der Waals surface area contributed by atoms with Crippen molar-refractivity contribution in [2.24, 2.45) is 5.92 Å². The van der Waals surface area contributed by atoms with Gasteiger partial charge in [0.1, 0.15) is 17.8 Å². The molecule has 2 fully saturated rings. The maximum atomic E-state index is 12.5. The van der Waals surface area contributed by atoms with E-state index < -0.39 is 0 Å². The summed E-state index contributed by atoms with van der Waals surface area (Å²) in [6.45, 7) is 2.69. The van der Waals surface area contributed by atoms with Crippen LogP contribution in [0, 0.1) is 5.92 Å². The number of rotatable bonds is 4. The molecule has 2 aliphatic heterocycles. The van der Waals surface area contributed by atoms with E-state index in [1.54, 1.807) is 0 Å². The molecule has 26 heavy (non-hydrogen) atoms. The molecule has 0 spiro atoms. The Hall–Kier alpha value is -2.90. The summed E-state index contributed by atoms with van der Waals surface area (Å²) in [7, 11) is 0. The number of nitrogens with two attached hydrogens (primary N) is 1. The molecule has 3 aliphatic rings. The van der Waals surface area contributed by atoms with Crippen molar-refractivity contribution in [3.63, 3.8) is 0 Å². The van der Waals surface area contributed by atoms with Crippen molar-refractivity contribution in [2.45, 2.75) is 24.8 Å². The Balaban J connectivity index is 1.21. The molecule has 4 N–H and O–H groups in total. The number of hydrogen-bond donors (Lipinski definition) is 3. The smallest absolute Gasteiger partial charge is 0.269 e. The Morgan fingerprint density at radius 1 is 1.38 bits per heavy atom. The molecular formula is C18H21N7O. The number of carbonyl (C=O) groups excluding carboxylic acids is 1. The minimum atomic E-state index is -0.129. The highest BCUT2D eigenvalue weighted by molar-refractivity contribution is 5.93. The highest BCUT2D eigenvalue weighted by atomic mass is 16.1. The lowest BCUT2D eigenvalue weighted by Gasteiger charge is -2.27. The van der Waals surface area contributed by atoms with Crippen LogP contribution in [0.2, 0.25) is 0 Å². The molecule has 3 atom stereocenters. The summed E-state index contributed by atoms with van der Waals surface area (Å²) in [5.41, 5.74) is 8.22. The first-order valence-corrected chi connectivity index (χ1v) is 9.05. The van der Waals surface area contributed by atoms with Crippen LogP contribution in [-0.4, -0.2) is 46.5 Å². The first kappa shape index (κ1) is 15.4. The highest BCUT2D eigenvalue weighted by Crippen LogP contribution is 2.46. The first-order chi connectivity index (χ1) is 12.7. The van der Waals surface area contributed by atoms with Crippen molar-refractivity contribution in [3.05, 3.63) is 35.9 Å². The number of aromatic nitrogens is 3. The van der Waals surface area contributed by atoms with Gasteiger partial charge in [0.15, 0.2) is 5.82 Å². The Kier molecular flexibility index (Phi) is 3.44. The Bertz CT molecular complexity index is 870. The Morgan fingerprint density at radius 3 is 3.19 bits per heavy atom. The van der Waals surface area contributed by atoms with E-state index in [0.29, 0.717) is 35.9 Å². The third kappa shape index (κ3) is 2.71. The largest absolute Gasteiger partial charge is 0.384 e. The molecule has 134 valence electrons. The van der Waals surface area contributed by atoms with Crippen molar-refractivity contribution in [1.29, 1.82) is 0 Å². The van der Waals surface area contributed by atoms with Crippen LogP contribution in [0.1, 0.15) is 34.9 Å². The number of fused-ring (bicyclic) bond motifs is 4. The van der Waals surface area contributed by atoms with E-state index in [1.165, 1.54) is 6.33 Å². The van der Waals surface area contributed by atoms with Gasteiger partial charge >= 0.3 is 0 Å². The van der Waals surface area contributed by atoms with Gasteiger partial charge in [-0.1, -0.05) is 0 Å². The molecule has 8 heteroatoms. The molecule has 5 rings (SSSR count). The lowest BCUT2D eigenvalue weighted by molar-refractivity contribution is 0.0946. The summed E-state index contributed by atoms with van der Waals surface area (Å²) in [5.74, 6) is 1.93. The fraction of sp³-hybridized carbons (Fsp3) is 0.444. The van der Waals surface area contributed by atoms with Gasteiger partial charge < -0.3 is 21.3 Å². The zero-order valence-electron chi connectivity index (χ0n) is 14.4. The quantitative estimate of drug-likeness (QED) is 0.754. The fourth-order valence-electron chi connectivity index (χ4n) is 3.97. The normalized spacial score (nSPS) is 25.4. The predicted octanol–water partition coefficient (Wildman–Crippen LogP) is 0.991. The van der Waals surface area contributed by atoms with Crippen LogP contribution in [0.4, 0.5) is 17.3 Å². The van der Waals surface area contributed by atoms with E-state index in [-0.39, 0.29) is 5.91 Å². The summed E-state index contributed by atoms with van der Waals surface area (Å²) < 4.78 is 0. The molecule has 8 nitrogen and oxygen atoms in total. The summed E-state index contributed by atoms with van der Waals surface area (Å²) in [4.78, 5) is 27.5. The molecule has 1 amide bonds. The minimum Gasteiger partial charge on any atom is -0.384 e. The molecule has 1 aliphatic carbocycles. The zero-order valence-corrected chi connectivity index (χ0v) is 14.4. The molecule has 2 unspecified atom stereocenters. The van der Waals surface area contributed by atoms with E-state index in [4.69, 9.17) is 5.73 Å². The second-order valence-corrected chi connectivity index (χ2v) is 7.32. The molecule has 0 aromatic carbocycles. The van der Waals surface area contributed by atoms with Crippen molar-refractivity contribution in [2.75, 3.05) is 35.6 Å². The average molecular weight is 351 g/mol. The van der Waals surface area contributed by atoms with Gasteiger partial charge in [-0.15, -0.1) is 0 Å². The molecule has 1 saturated heterocycles. The van der Waals surface area contributed by atoms with Crippen LogP contribution in [0.5, 0.6) is 0 Å². The summed E-state index contributed by atoms with van der Waals surface area (Å²) >= 11 is 0. The second kappa shape index (κ2) is 5.82. The standard InChI is InChI=1S/C18H21N7O/c19-16-6-14(21-9-22-16)12-5-10(12)7-20-18(26)13-1-2-15-17(24-13)23-11-3-4-25(15)8-11/h1-2,6,9-12H,3-5,7-8H2,(H,20,26)(H,23,24)(H2,19,21,22)/t10?,11-,12?/m0/s1. The monoisotopic (exact) mass is 351 g/mol. The summed E-state index contributed by atoms with van der Waals surface area (Å²) in [6.07, 6.45) is 3.62. The van der Waals surface area contributed by atoms with Gasteiger partial charge in [-0.2, -0.15) is 0 Å². The molecule has 4 heterocycles. The second-order valence-electron chi connectivity index (χ2n) is 7.32. The van der Waals surface area contributed by atoms with Crippen LogP contribution in [0.3, 0.4) is 0 Å². The van der Waals surface area contributed by atoms with Gasteiger partial charge in [-0.25, -0.2) is 15.0 Å². The molecule has 0 radical (unpaired) electrons. The SMILES string of the molecule is Nc1cc(C2CC2CNC(=O)c2ccc3c(n2)N[C@H]2CCN3C2)ncn1. The fourth-order valence-corrected chi connectivity index (χ4v) is 3.97. The van der Waals surface area contributed by atoms with Gasteiger partial charge in [0.05, 0.1) is 5.69 Å². The van der Waals surface area contributed by atoms with E-state index in [2.05, 4.69) is 30.5 Å². The maximum Gasteiger partial charge on any atom is 0.269 e. The lowest BCUT2D eigenvalue weighted by Crippen LogP contribution is -2.33. The molecular weight excluding hydrogens is 330 g/mol. The topological polar surface area (TPSA) is 109 Å². The van der Waals surface area contributed by atoms with Gasteiger partial charge in [0.25, 0.3) is 5.91 Å². The molecule has 1 saturated carbocycles. The number of anilines is 3. The van der Waals surface area contributed by atoms with Crippen molar-refractivity contribution in [3.8, 4) is 0 Å². The number of amides is 1. The van der Waals surface area contributed by atoms with E-state index >= 15 is 0 Å². The predicted molar refractivity (Wildman–Crippen MR) is 98.1 cm³/mol.